The topological polar surface area (TPSA) is 109 Å². The maximum atomic E-state index is 12.2. The summed E-state index contributed by atoms with van der Waals surface area (Å²) in [6.45, 7) is 4.98. The molecule has 1 fully saturated rings. The maximum Gasteiger partial charge on any atom is 0.252 e. The standard InChI is InChI=1S/C20H25N7O2S/c1-2-30-20-24-17(26-9-4-3-5-10-26)15-13-23-27(18(15)25-20)11-8-21-19(29)14-6-7-16(28)22-12-14/h6-7,12-13H,2-5,8-11H2,1H3,(H,21,29)(H,22,28). The zero-order valence-corrected chi connectivity index (χ0v) is 17.7. The van der Waals surface area contributed by atoms with Gasteiger partial charge in [-0.15, -0.1) is 0 Å². The van der Waals surface area contributed by atoms with Crippen LogP contribution in [-0.2, 0) is 6.54 Å². The molecule has 158 valence electrons. The lowest BCUT2D eigenvalue weighted by molar-refractivity contribution is 0.0951. The number of aromatic nitrogens is 5. The van der Waals surface area contributed by atoms with Gasteiger partial charge in [-0.3, -0.25) is 9.59 Å². The average Bonchev–Trinajstić information content (AvgIpc) is 3.17. The molecule has 0 spiro atoms. The van der Waals surface area contributed by atoms with Crippen molar-refractivity contribution in [3.8, 4) is 0 Å². The van der Waals surface area contributed by atoms with Crippen LogP contribution in [0.5, 0.6) is 0 Å². The number of hydrogen-bond acceptors (Lipinski definition) is 7. The van der Waals surface area contributed by atoms with Crippen molar-refractivity contribution in [3.63, 3.8) is 0 Å². The van der Waals surface area contributed by atoms with Crippen molar-refractivity contribution < 1.29 is 4.79 Å². The monoisotopic (exact) mass is 427 g/mol. The molecule has 0 unspecified atom stereocenters. The molecule has 0 atom stereocenters. The van der Waals surface area contributed by atoms with E-state index in [4.69, 9.17) is 9.97 Å². The molecule has 0 saturated carbocycles. The number of nitrogens with one attached hydrogen (secondary N) is 2. The van der Waals surface area contributed by atoms with Gasteiger partial charge in [0.15, 0.2) is 10.8 Å². The van der Waals surface area contributed by atoms with E-state index >= 15 is 0 Å². The number of pyridine rings is 1. The van der Waals surface area contributed by atoms with Crippen molar-refractivity contribution >= 4 is 34.5 Å². The number of carbonyl (C=O) groups is 1. The lowest BCUT2D eigenvalue weighted by atomic mass is 10.1. The molecule has 1 aliphatic heterocycles. The smallest absolute Gasteiger partial charge is 0.252 e. The molecule has 3 aromatic heterocycles. The zero-order chi connectivity index (χ0) is 20.9. The molecule has 3 aromatic rings. The fourth-order valence-electron chi connectivity index (χ4n) is 3.55. The second-order valence-electron chi connectivity index (χ2n) is 7.11. The summed E-state index contributed by atoms with van der Waals surface area (Å²) >= 11 is 1.62. The van der Waals surface area contributed by atoms with Crippen molar-refractivity contribution in [2.75, 3.05) is 30.3 Å². The summed E-state index contributed by atoms with van der Waals surface area (Å²) in [4.78, 5) is 37.8. The molecular weight excluding hydrogens is 402 g/mol. The maximum absolute atomic E-state index is 12.2. The molecule has 2 N–H and O–H groups in total. The van der Waals surface area contributed by atoms with E-state index in [1.807, 2.05) is 10.9 Å². The van der Waals surface area contributed by atoms with Crippen LogP contribution in [0.2, 0.25) is 0 Å². The Morgan fingerprint density at radius 3 is 2.80 bits per heavy atom. The van der Waals surface area contributed by atoms with Gasteiger partial charge in [-0.25, -0.2) is 14.6 Å². The molecule has 0 radical (unpaired) electrons. The summed E-state index contributed by atoms with van der Waals surface area (Å²) in [6, 6.07) is 2.84. The van der Waals surface area contributed by atoms with Crippen LogP contribution >= 0.6 is 11.8 Å². The van der Waals surface area contributed by atoms with Gasteiger partial charge in [-0.1, -0.05) is 18.7 Å². The Morgan fingerprint density at radius 2 is 2.07 bits per heavy atom. The van der Waals surface area contributed by atoms with E-state index in [1.54, 1.807) is 11.8 Å². The lowest BCUT2D eigenvalue weighted by Gasteiger charge is -2.28. The van der Waals surface area contributed by atoms with Crippen LogP contribution in [0.4, 0.5) is 5.82 Å². The fraction of sp³-hybridized carbons (Fsp3) is 0.450. The number of anilines is 1. The minimum absolute atomic E-state index is 0.237. The molecule has 1 amide bonds. The van der Waals surface area contributed by atoms with Crippen LogP contribution in [0.1, 0.15) is 36.5 Å². The number of rotatable bonds is 7. The zero-order valence-electron chi connectivity index (χ0n) is 16.9. The van der Waals surface area contributed by atoms with Crippen LogP contribution in [0.3, 0.4) is 0 Å². The SMILES string of the molecule is CCSc1nc(N2CCCCC2)c2cnn(CCNC(=O)c3ccc(=O)[nH]c3)c2n1. The Hall–Kier alpha value is -2.88. The quantitative estimate of drug-likeness (QED) is 0.439. The van der Waals surface area contributed by atoms with Crippen molar-refractivity contribution in [1.82, 2.24) is 30.0 Å². The highest BCUT2D eigenvalue weighted by molar-refractivity contribution is 7.99. The predicted molar refractivity (Wildman–Crippen MR) is 117 cm³/mol. The molecule has 10 heteroatoms. The van der Waals surface area contributed by atoms with Crippen molar-refractivity contribution in [1.29, 1.82) is 0 Å². The number of aromatic amines is 1. The first-order valence-corrected chi connectivity index (χ1v) is 11.2. The molecule has 0 bridgehead atoms. The van der Waals surface area contributed by atoms with Crippen molar-refractivity contribution in [3.05, 3.63) is 40.4 Å². The van der Waals surface area contributed by atoms with E-state index in [1.165, 1.54) is 37.6 Å². The summed E-state index contributed by atoms with van der Waals surface area (Å²) in [7, 11) is 0. The second-order valence-corrected chi connectivity index (χ2v) is 8.34. The summed E-state index contributed by atoms with van der Waals surface area (Å²) in [5.74, 6) is 1.61. The number of piperidine rings is 1. The highest BCUT2D eigenvalue weighted by Crippen LogP contribution is 2.29. The van der Waals surface area contributed by atoms with Crippen LogP contribution in [0, 0.1) is 0 Å². The Labute approximate surface area is 178 Å². The van der Waals surface area contributed by atoms with Gasteiger partial charge >= 0.3 is 0 Å². The van der Waals surface area contributed by atoms with Crippen LogP contribution < -0.4 is 15.8 Å². The van der Waals surface area contributed by atoms with E-state index in [-0.39, 0.29) is 11.5 Å². The first kappa shape index (κ1) is 20.4. The van der Waals surface area contributed by atoms with E-state index in [2.05, 4.69) is 27.2 Å². The van der Waals surface area contributed by atoms with Crippen LogP contribution in [-0.4, -0.2) is 56.0 Å². The van der Waals surface area contributed by atoms with Gasteiger partial charge in [-0.2, -0.15) is 5.10 Å². The van der Waals surface area contributed by atoms with Gasteiger partial charge in [-0.05, 0) is 31.1 Å². The Bertz CT molecular complexity index is 1070. The largest absolute Gasteiger partial charge is 0.356 e. The number of hydrogen-bond donors (Lipinski definition) is 2. The molecule has 0 aliphatic carbocycles. The van der Waals surface area contributed by atoms with Crippen LogP contribution in [0.15, 0.2) is 34.5 Å². The summed E-state index contributed by atoms with van der Waals surface area (Å²) < 4.78 is 1.82. The van der Waals surface area contributed by atoms with E-state index in [0.717, 1.165) is 40.9 Å². The van der Waals surface area contributed by atoms with Gasteiger partial charge in [0, 0.05) is 31.9 Å². The predicted octanol–water partition coefficient (Wildman–Crippen LogP) is 2.05. The second kappa shape index (κ2) is 9.29. The number of amides is 1. The normalized spacial score (nSPS) is 14.2. The molecule has 4 heterocycles. The number of fused-ring (bicyclic) bond motifs is 1. The van der Waals surface area contributed by atoms with Gasteiger partial charge < -0.3 is 15.2 Å². The molecule has 1 saturated heterocycles. The molecule has 1 aliphatic rings. The number of thioether (sulfide) groups is 1. The third-order valence-electron chi connectivity index (χ3n) is 5.04. The van der Waals surface area contributed by atoms with Gasteiger partial charge in [0.25, 0.3) is 5.91 Å². The lowest BCUT2D eigenvalue weighted by Crippen LogP contribution is -2.30. The number of nitrogens with zero attached hydrogens (tertiary/aromatic N) is 5. The molecular formula is C20H25N7O2S. The van der Waals surface area contributed by atoms with E-state index in [0.29, 0.717) is 18.7 Å². The van der Waals surface area contributed by atoms with Crippen LogP contribution in [0.25, 0.3) is 11.0 Å². The third kappa shape index (κ3) is 4.48. The Balaban J connectivity index is 1.52. The highest BCUT2D eigenvalue weighted by Gasteiger charge is 2.20. The summed E-state index contributed by atoms with van der Waals surface area (Å²) in [6.07, 6.45) is 6.84. The number of H-pyrrole nitrogens is 1. The molecule has 4 rings (SSSR count). The molecule has 0 aromatic carbocycles. The van der Waals surface area contributed by atoms with Gasteiger partial charge in [0.2, 0.25) is 5.56 Å². The minimum Gasteiger partial charge on any atom is -0.356 e. The van der Waals surface area contributed by atoms with E-state index in [9.17, 15) is 9.59 Å². The minimum atomic E-state index is -0.242. The average molecular weight is 428 g/mol. The van der Waals surface area contributed by atoms with E-state index < -0.39 is 0 Å². The van der Waals surface area contributed by atoms with Crippen molar-refractivity contribution in [2.45, 2.75) is 37.9 Å². The molecule has 30 heavy (non-hydrogen) atoms. The first-order valence-electron chi connectivity index (χ1n) is 10.2. The van der Waals surface area contributed by atoms with Crippen molar-refractivity contribution in [2.24, 2.45) is 0 Å². The molecule has 9 nitrogen and oxygen atoms in total. The van der Waals surface area contributed by atoms with Gasteiger partial charge in [0.05, 0.1) is 23.7 Å². The Morgan fingerprint density at radius 1 is 1.23 bits per heavy atom. The Kier molecular flexibility index (Phi) is 6.32. The number of carbonyl (C=O) groups excluding carboxylic acids is 1. The summed E-state index contributed by atoms with van der Waals surface area (Å²) in [5, 5.41) is 9.07. The summed E-state index contributed by atoms with van der Waals surface area (Å²) in [5.41, 5.74) is 0.968. The highest BCUT2D eigenvalue weighted by atomic mass is 32.2. The third-order valence-corrected chi connectivity index (χ3v) is 5.77. The first-order chi connectivity index (χ1) is 14.7. The fourth-order valence-corrected chi connectivity index (χ4v) is 4.11. The van der Waals surface area contributed by atoms with Gasteiger partial charge in [0.1, 0.15) is 5.82 Å².